The first kappa shape index (κ1) is 26.0. The van der Waals surface area contributed by atoms with Crippen molar-refractivity contribution in [3.05, 3.63) is 58.6 Å². The monoisotopic (exact) mass is 505 g/mol. The molecule has 0 unspecified atom stereocenters. The Kier molecular flexibility index (Phi) is 8.97. The lowest BCUT2D eigenvalue weighted by atomic mass is 9.95. The summed E-state index contributed by atoms with van der Waals surface area (Å²) < 4.78 is 26.0. The van der Waals surface area contributed by atoms with Crippen LogP contribution >= 0.6 is 11.6 Å². The van der Waals surface area contributed by atoms with Crippen molar-refractivity contribution in [3.8, 4) is 0 Å². The molecule has 0 heterocycles. The smallest absolute Gasteiger partial charge is 0.253 e. The first-order valence-corrected chi connectivity index (χ1v) is 13.8. The molecule has 184 valence electrons. The van der Waals surface area contributed by atoms with Gasteiger partial charge in [0.25, 0.3) is 5.91 Å². The second-order valence-corrected chi connectivity index (χ2v) is 11.1. The highest BCUT2D eigenvalue weighted by Crippen LogP contribution is 2.27. The van der Waals surface area contributed by atoms with E-state index in [0.29, 0.717) is 28.4 Å². The summed E-state index contributed by atoms with van der Waals surface area (Å²) in [6.45, 7) is 1.95. The predicted octanol–water partition coefficient (Wildman–Crippen LogP) is 4.90. The topological polar surface area (TPSA) is 95.6 Å². The van der Waals surface area contributed by atoms with E-state index in [-0.39, 0.29) is 30.8 Å². The molecule has 0 spiro atoms. The van der Waals surface area contributed by atoms with Gasteiger partial charge in [0.1, 0.15) is 0 Å². The van der Waals surface area contributed by atoms with Crippen molar-refractivity contribution in [3.63, 3.8) is 0 Å². The average molecular weight is 506 g/mol. The van der Waals surface area contributed by atoms with Gasteiger partial charge in [-0.25, -0.2) is 8.42 Å². The van der Waals surface area contributed by atoms with Crippen LogP contribution in [0.4, 0.5) is 11.4 Å². The molecule has 0 aromatic heterocycles. The van der Waals surface area contributed by atoms with Gasteiger partial charge in [0.05, 0.1) is 23.2 Å². The number of anilines is 2. The number of nitrogens with zero attached hydrogens (tertiary/aromatic N) is 1. The van der Waals surface area contributed by atoms with Crippen molar-refractivity contribution < 1.29 is 18.0 Å². The fourth-order valence-electron chi connectivity index (χ4n) is 4.21. The van der Waals surface area contributed by atoms with Crippen molar-refractivity contribution in [1.29, 1.82) is 0 Å². The maximum Gasteiger partial charge on any atom is 0.253 e. The molecule has 2 amide bonds. The number of benzene rings is 2. The fraction of sp³-hybridized carbons (Fsp3) is 0.440. The third-order valence-electron chi connectivity index (χ3n) is 5.99. The number of hydrogen-bond donors (Lipinski definition) is 2. The van der Waals surface area contributed by atoms with Crippen LogP contribution in [0.3, 0.4) is 0 Å². The Bertz CT molecular complexity index is 1130. The van der Waals surface area contributed by atoms with E-state index < -0.39 is 10.0 Å². The van der Waals surface area contributed by atoms with Crippen LogP contribution in [0.25, 0.3) is 0 Å². The average Bonchev–Trinajstić information content (AvgIpc) is 2.79. The third kappa shape index (κ3) is 7.21. The van der Waals surface area contributed by atoms with Crippen LogP contribution in [-0.4, -0.2) is 39.1 Å². The van der Waals surface area contributed by atoms with Crippen LogP contribution in [0.5, 0.6) is 0 Å². The molecule has 1 aliphatic carbocycles. The molecule has 0 aliphatic heterocycles. The number of carbonyl (C=O) groups is 2. The molecule has 0 bridgehead atoms. The standard InChI is InChI=1S/C25H32ClN3O4S/c1-18-14-15-19(26)17-23(18)29(34(2,32)33)16-8-13-24(30)28-22-12-7-6-11-21(22)25(31)27-20-9-4-3-5-10-20/h6-7,11-12,14-15,17,20H,3-5,8-10,13,16H2,1-2H3,(H,27,31)(H,28,30). The molecule has 2 aromatic carbocycles. The molecule has 3 rings (SSSR count). The maximum atomic E-state index is 12.8. The van der Waals surface area contributed by atoms with E-state index in [9.17, 15) is 18.0 Å². The van der Waals surface area contributed by atoms with E-state index in [4.69, 9.17) is 11.6 Å². The Labute approximate surface area is 206 Å². The second-order valence-electron chi connectivity index (χ2n) is 8.77. The van der Waals surface area contributed by atoms with Crippen LogP contribution < -0.4 is 14.9 Å². The Morgan fingerprint density at radius 3 is 2.50 bits per heavy atom. The molecule has 7 nitrogen and oxygen atoms in total. The lowest BCUT2D eigenvalue weighted by Crippen LogP contribution is -2.36. The van der Waals surface area contributed by atoms with Crippen LogP contribution in [-0.2, 0) is 14.8 Å². The zero-order chi connectivity index (χ0) is 24.7. The van der Waals surface area contributed by atoms with Gasteiger partial charge in [-0.1, -0.05) is 49.1 Å². The minimum atomic E-state index is -3.56. The number of para-hydroxylation sites is 1. The SMILES string of the molecule is Cc1ccc(Cl)cc1N(CCCC(=O)Nc1ccccc1C(=O)NC1CCCCC1)S(C)(=O)=O. The minimum Gasteiger partial charge on any atom is -0.349 e. The van der Waals surface area contributed by atoms with Gasteiger partial charge in [-0.05, 0) is 56.0 Å². The van der Waals surface area contributed by atoms with E-state index in [1.807, 2.05) is 6.92 Å². The Balaban J connectivity index is 1.61. The summed E-state index contributed by atoms with van der Waals surface area (Å²) in [5.74, 6) is -0.475. The quantitative estimate of drug-likeness (QED) is 0.507. The van der Waals surface area contributed by atoms with Crippen molar-refractivity contribution in [2.45, 2.75) is 57.9 Å². The third-order valence-corrected chi connectivity index (χ3v) is 7.41. The molecular formula is C25H32ClN3O4S. The highest BCUT2D eigenvalue weighted by Gasteiger charge is 2.21. The van der Waals surface area contributed by atoms with E-state index in [1.54, 1.807) is 42.5 Å². The Morgan fingerprint density at radius 1 is 1.09 bits per heavy atom. The van der Waals surface area contributed by atoms with Gasteiger partial charge < -0.3 is 10.6 Å². The molecular weight excluding hydrogens is 474 g/mol. The van der Waals surface area contributed by atoms with Crippen LogP contribution in [0.2, 0.25) is 5.02 Å². The summed E-state index contributed by atoms with van der Waals surface area (Å²) in [5, 5.41) is 6.33. The molecule has 0 atom stereocenters. The highest BCUT2D eigenvalue weighted by molar-refractivity contribution is 7.92. The summed E-state index contributed by atoms with van der Waals surface area (Å²) in [7, 11) is -3.56. The fourth-order valence-corrected chi connectivity index (χ4v) is 5.39. The normalized spacial score (nSPS) is 14.4. The number of aryl methyl sites for hydroxylation is 1. The summed E-state index contributed by atoms with van der Waals surface area (Å²) in [6, 6.07) is 12.2. The van der Waals surface area contributed by atoms with Gasteiger partial charge in [0.2, 0.25) is 15.9 Å². The minimum absolute atomic E-state index is 0.101. The summed E-state index contributed by atoms with van der Waals surface area (Å²) >= 11 is 6.07. The lowest BCUT2D eigenvalue weighted by Gasteiger charge is -2.24. The highest BCUT2D eigenvalue weighted by atomic mass is 35.5. The van der Waals surface area contributed by atoms with Crippen molar-refractivity contribution >= 4 is 44.8 Å². The van der Waals surface area contributed by atoms with Gasteiger partial charge >= 0.3 is 0 Å². The van der Waals surface area contributed by atoms with Crippen molar-refractivity contribution in [2.75, 3.05) is 22.4 Å². The van der Waals surface area contributed by atoms with E-state index in [1.165, 1.54) is 10.7 Å². The number of hydrogen-bond acceptors (Lipinski definition) is 4. The van der Waals surface area contributed by atoms with Gasteiger partial charge in [0, 0.05) is 24.0 Å². The summed E-state index contributed by atoms with van der Waals surface area (Å²) in [5.41, 5.74) is 2.15. The van der Waals surface area contributed by atoms with Crippen LogP contribution in [0.15, 0.2) is 42.5 Å². The second kappa shape index (κ2) is 11.7. The lowest BCUT2D eigenvalue weighted by molar-refractivity contribution is -0.116. The molecule has 1 saturated carbocycles. The molecule has 34 heavy (non-hydrogen) atoms. The molecule has 1 fully saturated rings. The molecule has 0 radical (unpaired) electrons. The number of nitrogens with one attached hydrogen (secondary N) is 2. The summed E-state index contributed by atoms with van der Waals surface area (Å²) in [4.78, 5) is 25.4. The first-order chi connectivity index (χ1) is 16.1. The zero-order valence-electron chi connectivity index (χ0n) is 19.6. The molecule has 1 aliphatic rings. The Morgan fingerprint density at radius 2 is 1.79 bits per heavy atom. The van der Waals surface area contributed by atoms with Gasteiger partial charge in [0.15, 0.2) is 0 Å². The van der Waals surface area contributed by atoms with Gasteiger partial charge in [-0.3, -0.25) is 13.9 Å². The number of sulfonamides is 1. The summed E-state index contributed by atoms with van der Waals surface area (Å²) in [6.07, 6.45) is 6.92. The zero-order valence-corrected chi connectivity index (χ0v) is 21.2. The molecule has 9 heteroatoms. The van der Waals surface area contributed by atoms with E-state index in [0.717, 1.165) is 37.5 Å². The number of halogens is 1. The molecule has 2 aromatic rings. The van der Waals surface area contributed by atoms with Crippen molar-refractivity contribution in [2.24, 2.45) is 0 Å². The largest absolute Gasteiger partial charge is 0.349 e. The predicted molar refractivity (Wildman–Crippen MR) is 137 cm³/mol. The maximum absolute atomic E-state index is 12.8. The Hall–Kier alpha value is -2.58. The van der Waals surface area contributed by atoms with E-state index >= 15 is 0 Å². The number of rotatable bonds is 9. The van der Waals surface area contributed by atoms with Gasteiger partial charge in [-0.2, -0.15) is 0 Å². The first-order valence-electron chi connectivity index (χ1n) is 11.6. The van der Waals surface area contributed by atoms with Crippen molar-refractivity contribution in [1.82, 2.24) is 5.32 Å². The molecule has 0 saturated heterocycles. The number of carbonyl (C=O) groups excluding carboxylic acids is 2. The van der Waals surface area contributed by atoms with Gasteiger partial charge in [-0.15, -0.1) is 0 Å². The van der Waals surface area contributed by atoms with Crippen LogP contribution in [0, 0.1) is 6.92 Å². The van der Waals surface area contributed by atoms with E-state index in [2.05, 4.69) is 10.6 Å². The molecule has 2 N–H and O–H groups in total. The number of amides is 2. The van der Waals surface area contributed by atoms with Crippen LogP contribution in [0.1, 0.15) is 60.9 Å².